The van der Waals surface area contributed by atoms with Gasteiger partial charge in [-0.15, -0.1) is 0 Å². The Kier molecular flexibility index (Phi) is 6.80. The zero-order valence-electron chi connectivity index (χ0n) is 16.0. The van der Waals surface area contributed by atoms with Crippen LogP contribution in [0.5, 0.6) is 0 Å². The summed E-state index contributed by atoms with van der Waals surface area (Å²) in [6.07, 6.45) is -0.439. The van der Waals surface area contributed by atoms with Gasteiger partial charge in [0.15, 0.2) is 0 Å². The van der Waals surface area contributed by atoms with Crippen molar-refractivity contribution in [3.05, 3.63) is 71.8 Å². The van der Waals surface area contributed by atoms with E-state index in [4.69, 9.17) is 9.57 Å². The quantitative estimate of drug-likeness (QED) is 0.657. The highest BCUT2D eigenvalue weighted by Crippen LogP contribution is 2.11. The fraction of sp³-hybridized carbons (Fsp3) is 0.286. The molecule has 2 aromatic rings. The van der Waals surface area contributed by atoms with Gasteiger partial charge in [0.05, 0.1) is 13.7 Å². The van der Waals surface area contributed by atoms with Gasteiger partial charge in [-0.25, -0.2) is 9.86 Å². The molecule has 0 unspecified atom stereocenters. The summed E-state index contributed by atoms with van der Waals surface area (Å²) in [6.45, 7) is 0.355. The largest absolute Gasteiger partial charge is 0.445 e. The van der Waals surface area contributed by atoms with Crippen molar-refractivity contribution in [3.8, 4) is 0 Å². The number of hydroxylamine groups is 2. The van der Waals surface area contributed by atoms with Crippen molar-refractivity contribution in [1.82, 2.24) is 15.7 Å². The SMILES string of the molecule is CON1C[C@H](NC(=O)[C@H](Cc2ccccc2)NC(=O)OCc2ccccc2)C1=O. The first kappa shape index (κ1) is 20.3. The van der Waals surface area contributed by atoms with Crippen LogP contribution in [-0.2, 0) is 32.2 Å². The van der Waals surface area contributed by atoms with Crippen molar-refractivity contribution in [3.63, 3.8) is 0 Å². The molecule has 0 saturated carbocycles. The highest BCUT2D eigenvalue weighted by atomic mass is 16.7. The van der Waals surface area contributed by atoms with E-state index in [1.807, 2.05) is 60.7 Å². The molecule has 29 heavy (non-hydrogen) atoms. The van der Waals surface area contributed by atoms with Gasteiger partial charge in [0.2, 0.25) is 5.91 Å². The summed E-state index contributed by atoms with van der Waals surface area (Å²) in [7, 11) is 1.39. The van der Waals surface area contributed by atoms with Crippen LogP contribution in [0, 0.1) is 0 Å². The summed E-state index contributed by atoms with van der Waals surface area (Å²) in [6, 6.07) is 17.0. The Bertz CT molecular complexity index is 844. The summed E-state index contributed by atoms with van der Waals surface area (Å²) in [5.41, 5.74) is 1.71. The van der Waals surface area contributed by atoms with E-state index in [9.17, 15) is 14.4 Å². The average molecular weight is 397 g/mol. The monoisotopic (exact) mass is 397 g/mol. The van der Waals surface area contributed by atoms with E-state index in [1.54, 1.807) is 0 Å². The first-order chi connectivity index (χ1) is 14.1. The Labute approximate surface area is 168 Å². The summed E-state index contributed by atoms with van der Waals surface area (Å²) < 4.78 is 5.22. The fourth-order valence-electron chi connectivity index (χ4n) is 2.91. The second kappa shape index (κ2) is 9.70. The van der Waals surface area contributed by atoms with Gasteiger partial charge in [-0.2, -0.15) is 0 Å². The van der Waals surface area contributed by atoms with Gasteiger partial charge in [-0.3, -0.25) is 14.4 Å². The summed E-state index contributed by atoms with van der Waals surface area (Å²) >= 11 is 0. The minimum absolute atomic E-state index is 0.0935. The molecule has 0 radical (unpaired) electrons. The Hall–Kier alpha value is -3.39. The molecular weight excluding hydrogens is 374 g/mol. The van der Waals surface area contributed by atoms with Crippen molar-refractivity contribution in [2.24, 2.45) is 0 Å². The number of nitrogens with zero attached hydrogens (tertiary/aromatic N) is 1. The molecule has 8 heteroatoms. The molecule has 3 rings (SSSR count). The summed E-state index contributed by atoms with van der Waals surface area (Å²) in [5.74, 6) is -0.786. The van der Waals surface area contributed by atoms with E-state index in [1.165, 1.54) is 7.11 Å². The molecule has 1 aliphatic rings. The predicted molar refractivity (Wildman–Crippen MR) is 104 cm³/mol. The molecule has 3 amide bonds. The topological polar surface area (TPSA) is 97.0 Å². The first-order valence-electron chi connectivity index (χ1n) is 9.24. The molecule has 2 atom stereocenters. The lowest BCUT2D eigenvalue weighted by atomic mass is 10.0. The van der Waals surface area contributed by atoms with Crippen molar-refractivity contribution in [1.29, 1.82) is 0 Å². The molecule has 1 aliphatic heterocycles. The van der Waals surface area contributed by atoms with Gasteiger partial charge in [0, 0.05) is 6.42 Å². The van der Waals surface area contributed by atoms with Gasteiger partial charge in [0.1, 0.15) is 18.7 Å². The van der Waals surface area contributed by atoms with Gasteiger partial charge in [0.25, 0.3) is 5.91 Å². The van der Waals surface area contributed by atoms with Crippen LogP contribution in [0.1, 0.15) is 11.1 Å². The van der Waals surface area contributed by atoms with Crippen LogP contribution in [0.25, 0.3) is 0 Å². The van der Waals surface area contributed by atoms with Crippen molar-refractivity contribution in [2.75, 3.05) is 13.7 Å². The fourth-order valence-corrected chi connectivity index (χ4v) is 2.91. The first-order valence-corrected chi connectivity index (χ1v) is 9.24. The number of alkyl carbamates (subject to hydrolysis) is 1. The van der Waals surface area contributed by atoms with E-state index in [0.29, 0.717) is 0 Å². The minimum Gasteiger partial charge on any atom is -0.445 e. The maximum atomic E-state index is 12.7. The number of carbonyl (C=O) groups is 3. The number of nitrogens with one attached hydrogen (secondary N) is 2. The van der Waals surface area contributed by atoms with E-state index >= 15 is 0 Å². The molecule has 0 aliphatic carbocycles. The third kappa shape index (κ3) is 5.55. The average Bonchev–Trinajstić information content (AvgIpc) is 2.75. The lowest BCUT2D eigenvalue weighted by Gasteiger charge is -2.36. The predicted octanol–water partition coefficient (Wildman–Crippen LogP) is 1.41. The third-order valence-corrected chi connectivity index (χ3v) is 4.53. The third-order valence-electron chi connectivity index (χ3n) is 4.53. The van der Waals surface area contributed by atoms with Crippen LogP contribution in [0.15, 0.2) is 60.7 Å². The lowest BCUT2D eigenvalue weighted by Crippen LogP contribution is -2.65. The summed E-state index contributed by atoms with van der Waals surface area (Å²) in [5, 5.41) is 6.40. The number of β-lactam (4-membered cyclic amide) rings is 1. The zero-order chi connectivity index (χ0) is 20.6. The Balaban J connectivity index is 1.60. The molecule has 0 aromatic heterocycles. The molecule has 1 saturated heterocycles. The molecule has 0 bridgehead atoms. The molecule has 1 heterocycles. The molecule has 1 fully saturated rings. The molecule has 152 valence electrons. The van der Waals surface area contributed by atoms with Crippen LogP contribution in [-0.4, -0.2) is 48.7 Å². The van der Waals surface area contributed by atoms with Crippen LogP contribution in [0.4, 0.5) is 4.79 Å². The highest BCUT2D eigenvalue weighted by Gasteiger charge is 2.39. The van der Waals surface area contributed by atoms with Gasteiger partial charge in [-0.1, -0.05) is 60.7 Å². The van der Waals surface area contributed by atoms with E-state index in [2.05, 4.69) is 10.6 Å². The number of hydrogen-bond donors (Lipinski definition) is 2. The van der Waals surface area contributed by atoms with E-state index in [0.717, 1.165) is 16.2 Å². The Morgan fingerprint density at radius 3 is 2.28 bits per heavy atom. The van der Waals surface area contributed by atoms with Crippen LogP contribution in [0.2, 0.25) is 0 Å². The summed E-state index contributed by atoms with van der Waals surface area (Å²) in [4.78, 5) is 41.7. The molecule has 0 spiro atoms. The molecule has 2 aromatic carbocycles. The number of amides is 3. The van der Waals surface area contributed by atoms with E-state index in [-0.39, 0.29) is 25.5 Å². The number of benzene rings is 2. The van der Waals surface area contributed by atoms with E-state index < -0.39 is 24.1 Å². The van der Waals surface area contributed by atoms with Crippen molar-refractivity contribution >= 4 is 17.9 Å². The Morgan fingerprint density at radius 2 is 1.69 bits per heavy atom. The van der Waals surface area contributed by atoms with Crippen LogP contribution in [0.3, 0.4) is 0 Å². The standard InChI is InChI=1S/C21H23N3O5/c1-28-24-13-18(20(24)26)22-19(25)17(12-15-8-4-2-5-9-15)23-21(27)29-14-16-10-6-3-7-11-16/h2-11,17-18H,12-14H2,1H3,(H,22,25)(H,23,27)/t17-,18-/m0/s1. The smallest absolute Gasteiger partial charge is 0.408 e. The maximum Gasteiger partial charge on any atom is 0.408 e. The van der Waals surface area contributed by atoms with Crippen molar-refractivity contribution in [2.45, 2.75) is 25.1 Å². The lowest BCUT2D eigenvalue weighted by molar-refractivity contribution is -0.203. The molecular formula is C21H23N3O5. The van der Waals surface area contributed by atoms with Crippen LogP contribution >= 0.6 is 0 Å². The zero-order valence-corrected chi connectivity index (χ0v) is 16.0. The second-order valence-electron chi connectivity index (χ2n) is 6.59. The maximum absolute atomic E-state index is 12.7. The number of carbonyl (C=O) groups excluding carboxylic acids is 3. The Morgan fingerprint density at radius 1 is 1.07 bits per heavy atom. The normalized spacial score (nSPS) is 16.5. The van der Waals surface area contributed by atoms with Gasteiger partial charge in [-0.05, 0) is 11.1 Å². The van der Waals surface area contributed by atoms with Gasteiger partial charge < -0.3 is 15.4 Å². The number of rotatable bonds is 8. The van der Waals surface area contributed by atoms with Gasteiger partial charge >= 0.3 is 6.09 Å². The number of ether oxygens (including phenoxy) is 1. The number of hydrogen-bond acceptors (Lipinski definition) is 5. The van der Waals surface area contributed by atoms with Crippen molar-refractivity contribution < 1.29 is 24.0 Å². The van der Waals surface area contributed by atoms with Crippen LogP contribution < -0.4 is 10.6 Å². The second-order valence-corrected chi connectivity index (χ2v) is 6.59. The highest BCUT2D eigenvalue weighted by molar-refractivity contribution is 5.94. The minimum atomic E-state index is -0.884. The molecule has 2 N–H and O–H groups in total. The molecule has 8 nitrogen and oxygen atoms in total.